The van der Waals surface area contributed by atoms with Gasteiger partial charge in [-0.25, -0.2) is 14.2 Å². The molecule has 2 aromatic carbocycles. The molecule has 3 aromatic rings. The van der Waals surface area contributed by atoms with Crippen LogP contribution in [0.1, 0.15) is 37.5 Å². The Kier molecular flexibility index (Phi) is 7.27. The number of halogens is 3. The van der Waals surface area contributed by atoms with E-state index in [1.54, 1.807) is 46.8 Å². The zero-order valence-electron chi connectivity index (χ0n) is 20.0. The summed E-state index contributed by atoms with van der Waals surface area (Å²) >= 11 is 0. The van der Waals surface area contributed by atoms with Crippen LogP contribution in [0.3, 0.4) is 0 Å². The third-order valence-corrected chi connectivity index (χ3v) is 5.12. The van der Waals surface area contributed by atoms with Crippen LogP contribution in [0.25, 0.3) is 5.69 Å². The normalized spacial score (nSPS) is 11.9. The predicted molar refractivity (Wildman–Crippen MR) is 121 cm³/mol. The summed E-state index contributed by atoms with van der Waals surface area (Å²) < 4.78 is 57.1. The average molecular weight is 493 g/mol. The fourth-order valence-electron chi connectivity index (χ4n) is 3.31. The molecule has 0 aliphatic rings. The maximum atomic E-state index is 12.8. The molecule has 0 spiro atoms. The number of hydrogen-bond donors (Lipinski definition) is 0. The lowest BCUT2D eigenvalue weighted by Crippen LogP contribution is -2.40. The molecule has 35 heavy (non-hydrogen) atoms. The fourth-order valence-corrected chi connectivity index (χ4v) is 3.31. The molecule has 0 aliphatic heterocycles. The quantitative estimate of drug-likeness (QED) is 0.432. The van der Waals surface area contributed by atoms with Crippen molar-refractivity contribution in [1.29, 1.82) is 0 Å². The van der Waals surface area contributed by atoms with Gasteiger partial charge in [-0.1, -0.05) is 0 Å². The molecule has 1 heterocycles. The molecule has 0 N–H and O–H groups in total. The Labute approximate surface area is 199 Å². The molecular weight excluding hydrogens is 467 g/mol. The van der Waals surface area contributed by atoms with Gasteiger partial charge in [-0.2, -0.15) is 23.0 Å². The SMILES string of the molecule is CCOC(=O)C(C)(C)Oc1c(C)cc(OCn2ncn(-c3ccc(C(F)(F)F)cc3)c2=O)cc1C. The Morgan fingerprint density at radius 3 is 2.20 bits per heavy atom. The fraction of sp³-hybridized carbons (Fsp3) is 0.375. The topological polar surface area (TPSA) is 84.6 Å². The summed E-state index contributed by atoms with van der Waals surface area (Å²) in [6, 6.07) is 7.58. The van der Waals surface area contributed by atoms with Crippen LogP contribution in [0.15, 0.2) is 47.5 Å². The minimum Gasteiger partial charge on any atom is -0.476 e. The molecule has 0 radical (unpaired) electrons. The monoisotopic (exact) mass is 493 g/mol. The Bertz CT molecular complexity index is 1240. The van der Waals surface area contributed by atoms with Crippen molar-refractivity contribution in [3.63, 3.8) is 0 Å². The van der Waals surface area contributed by atoms with E-state index in [2.05, 4.69) is 5.10 Å². The van der Waals surface area contributed by atoms with Crippen LogP contribution in [-0.4, -0.2) is 32.5 Å². The van der Waals surface area contributed by atoms with Crippen LogP contribution in [0, 0.1) is 13.8 Å². The van der Waals surface area contributed by atoms with Gasteiger partial charge in [-0.15, -0.1) is 0 Å². The highest BCUT2D eigenvalue weighted by Gasteiger charge is 2.33. The van der Waals surface area contributed by atoms with E-state index in [1.165, 1.54) is 18.5 Å². The summed E-state index contributed by atoms with van der Waals surface area (Å²) in [5.74, 6) is 0.471. The highest BCUT2D eigenvalue weighted by molar-refractivity contribution is 5.79. The Balaban J connectivity index is 1.73. The van der Waals surface area contributed by atoms with Gasteiger partial charge in [0, 0.05) is 0 Å². The summed E-state index contributed by atoms with van der Waals surface area (Å²) in [7, 11) is 0. The smallest absolute Gasteiger partial charge is 0.416 e. The molecule has 188 valence electrons. The van der Waals surface area contributed by atoms with E-state index in [0.29, 0.717) is 22.6 Å². The minimum absolute atomic E-state index is 0.222. The summed E-state index contributed by atoms with van der Waals surface area (Å²) in [4.78, 5) is 24.8. The highest BCUT2D eigenvalue weighted by atomic mass is 19.4. The zero-order valence-corrected chi connectivity index (χ0v) is 20.0. The third-order valence-electron chi connectivity index (χ3n) is 5.12. The van der Waals surface area contributed by atoms with Crippen LogP contribution in [0.4, 0.5) is 13.2 Å². The second kappa shape index (κ2) is 9.85. The van der Waals surface area contributed by atoms with E-state index in [1.807, 2.05) is 0 Å². The van der Waals surface area contributed by atoms with Crippen molar-refractivity contribution in [1.82, 2.24) is 14.3 Å². The number of benzene rings is 2. The first-order valence-corrected chi connectivity index (χ1v) is 10.8. The molecule has 0 bridgehead atoms. The van der Waals surface area contributed by atoms with E-state index in [0.717, 1.165) is 21.4 Å². The van der Waals surface area contributed by atoms with Gasteiger partial charge in [0.25, 0.3) is 0 Å². The zero-order chi connectivity index (χ0) is 26.0. The lowest BCUT2D eigenvalue weighted by atomic mass is 10.1. The molecule has 0 atom stereocenters. The molecule has 3 rings (SSSR count). The van der Waals surface area contributed by atoms with E-state index in [4.69, 9.17) is 14.2 Å². The molecule has 11 heteroatoms. The van der Waals surface area contributed by atoms with Crippen LogP contribution in [0.2, 0.25) is 0 Å². The van der Waals surface area contributed by atoms with Crippen LogP contribution in [0.5, 0.6) is 11.5 Å². The van der Waals surface area contributed by atoms with Crippen molar-refractivity contribution in [3.05, 3.63) is 69.9 Å². The number of nitrogens with zero attached hydrogens (tertiary/aromatic N) is 3. The number of aryl methyl sites for hydroxylation is 2. The van der Waals surface area contributed by atoms with E-state index >= 15 is 0 Å². The minimum atomic E-state index is -4.47. The Hall–Kier alpha value is -3.76. The molecule has 0 saturated carbocycles. The van der Waals surface area contributed by atoms with E-state index in [9.17, 15) is 22.8 Å². The van der Waals surface area contributed by atoms with E-state index < -0.39 is 29.0 Å². The van der Waals surface area contributed by atoms with Gasteiger partial charge in [0.05, 0.1) is 17.9 Å². The number of carbonyl (C=O) groups excluding carboxylic acids is 1. The first-order valence-electron chi connectivity index (χ1n) is 10.8. The van der Waals surface area contributed by atoms with Crippen molar-refractivity contribution in [2.45, 2.75) is 53.1 Å². The predicted octanol–water partition coefficient (Wildman–Crippen LogP) is 4.43. The number of hydrogen-bond acceptors (Lipinski definition) is 6. The van der Waals surface area contributed by atoms with Gasteiger partial charge in [-0.3, -0.25) is 0 Å². The molecule has 0 saturated heterocycles. The first-order chi connectivity index (χ1) is 16.3. The molecular formula is C24H26F3N3O5. The highest BCUT2D eigenvalue weighted by Crippen LogP contribution is 2.32. The number of alkyl halides is 3. The van der Waals surface area contributed by atoms with E-state index in [-0.39, 0.29) is 19.0 Å². The second-order valence-corrected chi connectivity index (χ2v) is 8.32. The van der Waals surface area contributed by atoms with Crippen LogP contribution < -0.4 is 15.2 Å². The maximum absolute atomic E-state index is 12.8. The summed E-state index contributed by atoms with van der Waals surface area (Å²) in [5, 5.41) is 3.97. The summed E-state index contributed by atoms with van der Waals surface area (Å²) in [5.41, 5.74) is -0.915. The number of rotatable bonds is 8. The van der Waals surface area contributed by atoms with Crippen molar-refractivity contribution in [2.75, 3.05) is 6.61 Å². The van der Waals surface area contributed by atoms with Gasteiger partial charge in [-0.05, 0) is 82.1 Å². The van der Waals surface area contributed by atoms with Gasteiger partial charge >= 0.3 is 17.8 Å². The second-order valence-electron chi connectivity index (χ2n) is 8.32. The number of esters is 1. The van der Waals surface area contributed by atoms with Crippen LogP contribution >= 0.6 is 0 Å². The largest absolute Gasteiger partial charge is 0.476 e. The Morgan fingerprint density at radius 2 is 1.66 bits per heavy atom. The molecule has 1 aromatic heterocycles. The van der Waals surface area contributed by atoms with Crippen molar-refractivity contribution < 1.29 is 32.2 Å². The van der Waals surface area contributed by atoms with Gasteiger partial charge in [0.1, 0.15) is 17.8 Å². The number of carbonyl (C=O) groups is 1. The van der Waals surface area contributed by atoms with Crippen molar-refractivity contribution >= 4 is 5.97 Å². The molecule has 0 amide bonds. The molecule has 0 aliphatic carbocycles. The first kappa shape index (κ1) is 25.9. The summed E-state index contributed by atoms with van der Waals surface area (Å²) in [6.07, 6.45) is -3.26. The average Bonchev–Trinajstić information content (AvgIpc) is 3.14. The van der Waals surface area contributed by atoms with Crippen LogP contribution in [-0.2, 0) is 22.4 Å². The lowest BCUT2D eigenvalue weighted by Gasteiger charge is -2.26. The Morgan fingerprint density at radius 1 is 1.06 bits per heavy atom. The van der Waals surface area contributed by atoms with Crippen molar-refractivity contribution in [3.8, 4) is 17.2 Å². The van der Waals surface area contributed by atoms with Crippen molar-refractivity contribution in [2.24, 2.45) is 0 Å². The third kappa shape index (κ3) is 5.84. The number of aromatic nitrogens is 3. The molecule has 0 unspecified atom stereocenters. The summed E-state index contributed by atoms with van der Waals surface area (Å²) in [6.45, 7) is 8.56. The van der Waals surface area contributed by atoms with Gasteiger partial charge < -0.3 is 14.2 Å². The molecule has 8 nitrogen and oxygen atoms in total. The molecule has 0 fully saturated rings. The van der Waals surface area contributed by atoms with Gasteiger partial charge in [0.2, 0.25) is 0 Å². The lowest BCUT2D eigenvalue weighted by molar-refractivity contribution is -0.158. The number of ether oxygens (including phenoxy) is 3. The standard InChI is InChI=1S/C24H26F3N3O5/c1-6-33-21(31)23(4,5)35-20-15(2)11-19(12-16(20)3)34-14-30-22(32)29(13-28-30)18-9-7-17(8-10-18)24(25,26)27/h7-13H,6,14H2,1-5H3. The van der Waals surface area contributed by atoms with Gasteiger partial charge in [0.15, 0.2) is 12.3 Å². The maximum Gasteiger partial charge on any atom is 0.416 e.